The summed E-state index contributed by atoms with van der Waals surface area (Å²) in [5.74, 6) is 2.30. The molecule has 0 amide bonds. The van der Waals surface area contributed by atoms with Crippen LogP contribution in [0.4, 0.5) is 5.82 Å². The number of nitrogens with zero attached hydrogens (tertiary/aromatic N) is 4. The van der Waals surface area contributed by atoms with Crippen LogP contribution in [0.25, 0.3) is 5.78 Å². The van der Waals surface area contributed by atoms with Gasteiger partial charge in [0, 0.05) is 30.3 Å². The van der Waals surface area contributed by atoms with Crippen LogP contribution in [0, 0.1) is 5.92 Å². The molecule has 21 heavy (non-hydrogen) atoms. The second-order valence-corrected chi connectivity index (χ2v) is 6.00. The Bertz CT molecular complexity index is 640. The highest BCUT2D eigenvalue weighted by molar-refractivity contribution is 5.46. The maximum absolute atomic E-state index is 5.86. The fourth-order valence-electron chi connectivity index (χ4n) is 3.69. The number of hydrogen-bond donors (Lipinski definition) is 1. The minimum absolute atomic E-state index is 0.440. The van der Waals surface area contributed by atoms with E-state index < -0.39 is 0 Å². The van der Waals surface area contributed by atoms with Crippen LogP contribution < -0.4 is 5.32 Å². The van der Waals surface area contributed by atoms with E-state index in [9.17, 15) is 0 Å². The quantitative estimate of drug-likeness (QED) is 0.936. The van der Waals surface area contributed by atoms with Crippen molar-refractivity contribution in [3.63, 3.8) is 0 Å². The lowest BCUT2D eigenvalue weighted by Crippen LogP contribution is -2.38. The molecule has 4 rings (SSSR count). The molecule has 6 nitrogen and oxygen atoms in total. The normalized spacial score (nSPS) is 28.7. The summed E-state index contributed by atoms with van der Waals surface area (Å²) in [5.41, 5.74) is 1.05. The Balaban J connectivity index is 1.65. The van der Waals surface area contributed by atoms with Gasteiger partial charge in [-0.3, -0.25) is 0 Å². The molecule has 3 unspecified atom stereocenters. The Kier molecular flexibility index (Phi) is 3.25. The maximum atomic E-state index is 5.86. The maximum Gasteiger partial charge on any atom is 0.254 e. The molecule has 1 aliphatic heterocycles. The van der Waals surface area contributed by atoms with Crippen molar-refractivity contribution in [3.05, 3.63) is 18.1 Å². The van der Waals surface area contributed by atoms with Gasteiger partial charge in [0.05, 0.1) is 6.10 Å². The van der Waals surface area contributed by atoms with Gasteiger partial charge in [-0.15, -0.1) is 0 Å². The molecule has 0 radical (unpaired) electrons. The number of ether oxygens (including phenoxy) is 1. The van der Waals surface area contributed by atoms with E-state index in [1.165, 1.54) is 19.3 Å². The molecule has 2 aromatic rings. The standard InChI is InChI=1S/C15H21N5O/c1-2-10-8-14(20-15(18-10)16-9-17-20)19-12-4-3-5-13-11(12)6-7-21-13/h8-9,11-13,19H,2-7H2,1H3. The van der Waals surface area contributed by atoms with E-state index in [2.05, 4.69) is 33.4 Å². The Labute approximate surface area is 123 Å². The minimum atomic E-state index is 0.440. The summed E-state index contributed by atoms with van der Waals surface area (Å²) in [7, 11) is 0. The molecule has 3 heterocycles. The van der Waals surface area contributed by atoms with Crippen LogP contribution in [-0.4, -0.2) is 38.3 Å². The van der Waals surface area contributed by atoms with Gasteiger partial charge < -0.3 is 10.1 Å². The van der Waals surface area contributed by atoms with E-state index in [4.69, 9.17) is 4.74 Å². The third-order valence-electron chi connectivity index (χ3n) is 4.78. The summed E-state index contributed by atoms with van der Waals surface area (Å²) in [6, 6.07) is 2.56. The topological polar surface area (TPSA) is 64.3 Å². The molecule has 1 saturated heterocycles. The number of anilines is 1. The van der Waals surface area contributed by atoms with Crippen molar-refractivity contribution in [2.24, 2.45) is 5.92 Å². The van der Waals surface area contributed by atoms with Crippen LogP contribution in [0.1, 0.15) is 38.3 Å². The molecule has 1 N–H and O–H groups in total. The first-order valence-electron chi connectivity index (χ1n) is 7.93. The van der Waals surface area contributed by atoms with Crippen LogP contribution in [-0.2, 0) is 11.2 Å². The fourth-order valence-corrected chi connectivity index (χ4v) is 3.69. The Hall–Kier alpha value is -1.69. The van der Waals surface area contributed by atoms with Gasteiger partial charge in [0.25, 0.3) is 5.78 Å². The van der Waals surface area contributed by atoms with Crippen molar-refractivity contribution in [2.45, 2.75) is 51.2 Å². The summed E-state index contributed by atoms with van der Waals surface area (Å²) in [5, 5.41) is 7.99. The van der Waals surface area contributed by atoms with Crippen LogP contribution >= 0.6 is 0 Å². The third-order valence-corrected chi connectivity index (χ3v) is 4.78. The van der Waals surface area contributed by atoms with Crippen LogP contribution in [0.3, 0.4) is 0 Å². The largest absolute Gasteiger partial charge is 0.378 e. The molecule has 0 aromatic carbocycles. The summed E-state index contributed by atoms with van der Waals surface area (Å²) in [6.45, 7) is 3.02. The molecule has 112 valence electrons. The number of aryl methyl sites for hydroxylation is 1. The van der Waals surface area contributed by atoms with E-state index in [-0.39, 0.29) is 0 Å². The first-order chi connectivity index (χ1) is 10.3. The second kappa shape index (κ2) is 5.26. The number of hydrogen-bond acceptors (Lipinski definition) is 5. The van der Waals surface area contributed by atoms with Gasteiger partial charge in [-0.05, 0) is 32.1 Å². The molecule has 2 aliphatic rings. The Morgan fingerprint density at radius 1 is 1.38 bits per heavy atom. The molecule has 0 bridgehead atoms. The van der Waals surface area contributed by atoms with Gasteiger partial charge in [0.15, 0.2) is 0 Å². The van der Waals surface area contributed by atoms with Crippen molar-refractivity contribution >= 4 is 11.6 Å². The minimum Gasteiger partial charge on any atom is -0.378 e. The Morgan fingerprint density at radius 3 is 3.24 bits per heavy atom. The highest BCUT2D eigenvalue weighted by Gasteiger charge is 2.37. The van der Waals surface area contributed by atoms with E-state index >= 15 is 0 Å². The van der Waals surface area contributed by atoms with Crippen molar-refractivity contribution in [2.75, 3.05) is 11.9 Å². The molecule has 3 atom stereocenters. The SMILES string of the molecule is CCc1cc(NC2CCCC3OCCC23)n2ncnc2n1. The lowest BCUT2D eigenvalue weighted by molar-refractivity contribution is 0.0619. The van der Waals surface area contributed by atoms with E-state index in [1.807, 2.05) is 0 Å². The summed E-state index contributed by atoms with van der Waals surface area (Å²) in [4.78, 5) is 8.72. The van der Waals surface area contributed by atoms with E-state index in [0.29, 0.717) is 23.8 Å². The van der Waals surface area contributed by atoms with Crippen molar-refractivity contribution in [1.29, 1.82) is 0 Å². The van der Waals surface area contributed by atoms with Gasteiger partial charge in [0.1, 0.15) is 12.1 Å². The van der Waals surface area contributed by atoms with Crippen molar-refractivity contribution in [3.8, 4) is 0 Å². The smallest absolute Gasteiger partial charge is 0.254 e. The zero-order valence-electron chi connectivity index (χ0n) is 12.3. The molecule has 1 saturated carbocycles. The zero-order chi connectivity index (χ0) is 14.2. The number of fused-ring (bicyclic) bond motifs is 2. The summed E-state index contributed by atoms with van der Waals surface area (Å²) >= 11 is 0. The van der Waals surface area contributed by atoms with Gasteiger partial charge in [-0.2, -0.15) is 14.6 Å². The molecular weight excluding hydrogens is 266 g/mol. The van der Waals surface area contributed by atoms with Crippen molar-refractivity contribution in [1.82, 2.24) is 19.6 Å². The van der Waals surface area contributed by atoms with Crippen LogP contribution in [0.5, 0.6) is 0 Å². The monoisotopic (exact) mass is 287 g/mol. The summed E-state index contributed by atoms with van der Waals surface area (Å²) in [6.07, 6.45) is 7.70. The lowest BCUT2D eigenvalue weighted by atomic mass is 9.82. The highest BCUT2D eigenvalue weighted by Crippen LogP contribution is 2.36. The second-order valence-electron chi connectivity index (χ2n) is 6.00. The third kappa shape index (κ3) is 2.27. The van der Waals surface area contributed by atoms with E-state index in [1.54, 1.807) is 10.8 Å². The molecule has 2 aromatic heterocycles. The average molecular weight is 287 g/mol. The van der Waals surface area contributed by atoms with Gasteiger partial charge in [0.2, 0.25) is 0 Å². The van der Waals surface area contributed by atoms with Crippen molar-refractivity contribution < 1.29 is 4.74 Å². The molecular formula is C15H21N5O. The van der Waals surface area contributed by atoms with Gasteiger partial charge in [-0.1, -0.05) is 6.92 Å². The van der Waals surface area contributed by atoms with Gasteiger partial charge >= 0.3 is 0 Å². The molecule has 0 spiro atoms. The van der Waals surface area contributed by atoms with Gasteiger partial charge in [-0.25, -0.2) is 4.98 Å². The summed E-state index contributed by atoms with van der Waals surface area (Å²) < 4.78 is 7.66. The Morgan fingerprint density at radius 2 is 2.33 bits per heavy atom. The van der Waals surface area contributed by atoms with Crippen LogP contribution in [0.2, 0.25) is 0 Å². The highest BCUT2D eigenvalue weighted by atomic mass is 16.5. The lowest BCUT2D eigenvalue weighted by Gasteiger charge is -2.33. The number of nitrogens with one attached hydrogen (secondary N) is 1. The predicted molar refractivity (Wildman–Crippen MR) is 79.3 cm³/mol. The predicted octanol–water partition coefficient (Wildman–Crippen LogP) is 2.06. The van der Waals surface area contributed by atoms with Crippen LogP contribution in [0.15, 0.2) is 12.4 Å². The first kappa shape index (κ1) is 13.0. The fraction of sp³-hybridized carbons (Fsp3) is 0.667. The molecule has 1 aliphatic carbocycles. The molecule has 6 heteroatoms. The van der Waals surface area contributed by atoms with E-state index in [0.717, 1.165) is 31.0 Å². The zero-order valence-corrected chi connectivity index (χ0v) is 12.3. The molecule has 2 fully saturated rings. The first-order valence-corrected chi connectivity index (χ1v) is 7.93. The number of aromatic nitrogens is 4. The average Bonchev–Trinajstić information content (AvgIpc) is 3.16. The number of rotatable bonds is 3.